The molecule has 1 aromatic heterocycles. The van der Waals surface area contributed by atoms with Gasteiger partial charge in [0.1, 0.15) is 0 Å². The Balaban J connectivity index is 1.96. The second-order valence-corrected chi connectivity index (χ2v) is 8.73. The molecule has 0 aromatic carbocycles. The van der Waals surface area contributed by atoms with Crippen molar-refractivity contribution in [2.45, 2.75) is 54.1 Å². The summed E-state index contributed by atoms with van der Waals surface area (Å²) < 4.78 is 2.02. The lowest BCUT2D eigenvalue weighted by Crippen LogP contribution is -1.90. The van der Waals surface area contributed by atoms with E-state index in [0.29, 0.717) is 5.88 Å². The second-order valence-electron chi connectivity index (χ2n) is 3.82. The van der Waals surface area contributed by atoms with Crippen LogP contribution in [0, 0.1) is 0 Å². The molecule has 104 valence electrons. The Kier molecular flexibility index (Phi) is 10.5. The zero-order valence-electron chi connectivity index (χ0n) is 10.8. The molecule has 7 heteroatoms. The molecule has 0 aliphatic heterocycles. The van der Waals surface area contributed by atoms with E-state index >= 15 is 0 Å². The van der Waals surface area contributed by atoms with Crippen LogP contribution in [0.2, 0.25) is 0 Å². The van der Waals surface area contributed by atoms with E-state index in [1.165, 1.54) is 44.3 Å². The van der Waals surface area contributed by atoms with E-state index in [4.69, 9.17) is 5.73 Å². The van der Waals surface area contributed by atoms with Gasteiger partial charge in [-0.25, -0.2) is 0 Å². The highest BCUT2D eigenvalue weighted by molar-refractivity contribution is 8.77. The third-order valence-electron chi connectivity index (χ3n) is 2.31. The Bertz CT molecular complexity index is 306. The van der Waals surface area contributed by atoms with Gasteiger partial charge in [0.25, 0.3) is 0 Å². The van der Waals surface area contributed by atoms with Crippen LogP contribution in [0.15, 0.2) is 8.68 Å². The van der Waals surface area contributed by atoms with Crippen molar-refractivity contribution in [1.82, 2.24) is 10.2 Å². The van der Waals surface area contributed by atoms with E-state index in [-0.39, 0.29) is 0 Å². The molecule has 1 aromatic rings. The van der Waals surface area contributed by atoms with Gasteiger partial charge in [0.15, 0.2) is 8.68 Å². The quantitative estimate of drug-likeness (QED) is 0.277. The van der Waals surface area contributed by atoms with E-state index in [1.54, 1.807) is 33.9 Å². The van der Waals surface area contributed by atoms with Crippen molar-refractivity contribution < 1.29 is 0 Å². The Morgan fingerprint density at radius 1 is 1.06 bits per heavy atom. The first-order valence-electron chi connectivity index (χ1n) is 6.32. The SMILES string of the molecule is CCCCCCCCSSc1nnc(SCN)s1. The topological polar surface area (TPSA) is 51.8 Å². The average molecular weight is 324 g/mol. The average Bonchev–Trinajstić information content (AvgIpc) is 2.81. The molecule has 0 atom stereocenters. The largest absolute Gasteiger partial charge is 0.322 e. The first-order valence-corrected chi connectivity index (χ1v) is 10.4. The molecule has 0 saturated carbocycles. The predicted octanol–water partition coefficient (Wildman–Crippen LogP) is 4.65. The monoisotopic (exact) mass is 323 g/mol. The molecular weight excluding hydrogens is 302 g/mol. The van der Waals surface area contributed by atoms with Crippen LogP contribution in [0.1, 0.15) is 45.4 Å². The number of hydrogen-bond donors (Lipinski definition) is 1. The predicted molar refractivity (Wildman–Crippen MR) is 86.5 cm³/mol. The third kappa shape index (κ3) is 7.89. The second kappa shape index (κ2) is 11.4. The van der Waals surface area contributed by atoms with E-state index < -0.39 is 0 Å². The summed E-state index contributed by atoms with van der Waals surface area (Å²) in [6, 6.07) is 0. The minimum Gasteiger partial charge on any atom is -0.322 e. The van der Waals surface area contributed by atoms with Crippen LogP contribution in [-0.4, -0.2) is 21.8 Å². The van der Waals surface area contributed by atoms with Gasteiger partial charge in [-0.3, -0.25) is 0 Å². The standard InChI is InChI=1S/C11H21N3S4/c1-2-3-4-5-6-7-8-16-18-11-14-13-10(17-11)15-9-12/h2-9,12H2,1H3. The number of aromatic nitrogens is 2. The van der Waals surface area contributed by atoms with Gasteiger partial charge >= 0.3 is 0 Å². The molecule has 0 aliphatic carbocycles. The molecule has 0 radical (unpaired) electrons. The summed E-state index contributed by atoms with van der Waals surface area (Å²) in [4.78, 5) is 0. The van der Waals surface area contributed by atoms with E-state index in [1.807, 2.05) is 10.8 Å². The molecule has 0 amide bonds. The first-order chi connectivity index (χ1) is 8.86. The van der Waals surface area contributed by atoms with E-state index in [2.05, 4.69) is 17.1 Å². The summed E-state index contributed by atoms with van der Waals surface area (Å²) in [6.07, 6.45) is 8.15. The Labute approximate surface area is 126 Å². The summed E-state index contributed by atoms with van der Waals surface area (Å²) in [6.45, 7) is 2.26. The van der Waals surface area contributed by atoms with Crippen LogP contribution >= 0.6 is 44.7 Å². The van der Waals surface area contributed by atoms with E-state index in [0.717, 1.165) is 8.68 Å². The number of rotatable bonds is 11. The minimum atomic E-state index is 0.574. The van der Waals surface area contributed by atoms with Crippen LogP contribution in [0.3, 0.4) is 0 Å². The van der Waals surface area contributed by atoms with Crippen LogP contribution < -0.4 is 5.73 Å². The Morgan fingerprint density at radius 2 is 1.78 bits per heavy atom. The van der Waals surface area contributed by atoms with Crippen LogP contribution in [-0.2, 0) is 0 Å². The molecule has 0 aliphatic rings. The summed E-state index contributed by atoms with van der Waals surface area (Å²) in [5, 5.41) is 8.20. The molecule has 0 spiro atoms. The van der Waals surface area contributed by atoms with Crippen molar-refractivity contribution in [3.8, 4) is 0 Å². The minimum absolute atomic E-state index is 0.574. The van der Waals surface area contributed by atoms with Crippen molar-refractivity contribution >= 4 is 44.7 Å². The third-order valence-corrected chi connectivity index (χ3v) is 6.86. The van der Waals surface area contributed by atoms with Crippen molar-refractivity contribution in [2.24, 2.45) is 5.73 Å². The van der Waals surface area contributed by atoms with Gasteiger partial charge in [-0.05, 0) is 17.2 Å². The highest BCUT2D eigenvalue weighted by atomic mass is 33.1. The number of nitrogens with zero attached hydrogens (tertiary/aromatic N) is 2. The number of nitrogens with two attached hydrogens (primary N) is 1. The normalized spacial score (nSPS) is 11.0. The van der Waals surface area contributed by atoms with Crippen molar-refractivity contribution in [1.29, 1.82) is 0 Å². The van der Waals surface area contributed by atoms with Gasteiger partial charge in [-0.15, -0.1) is 10.2 Å². The molecule has 0 bridgehead atoms. The molecule has 0 unspecified atom stereocenters. The Morgan fingerprint density at radius 3 is 2.56 bits per heavy atom. The van der Waals surface area contributed by atoms with Crippen molar-refractivity contribution in [2.75, 3.05) is 11.6 Å². The summed E-state index contributed by atoms with van der Waals surface area (Å²) in [7, 11) is 3.63. The highest BCUT2D eigenvalue weighted by Crippen LogP contribution is 2.35. The van der Waals surface area contributed by atoms with Crippen molar-refractivity contribution in [3.05, 3.63) is 0 Å². The molecule has 0 fully saturated rings. The first kappa shape index (κ1) is 16.6. The van der Waals surface area contributed by atoms with Crippen LogP contribution in [0.4, 0.5) is 0 Å². The van der Waals surface area contributed by atoms with Gasteiger partial charge in [-0.2, -0.15) is 0 Å². The molecular formula is C11H21N3S4. The lowest BCUT2D eigenvalue weighted by atomic mass is 10.1. The lowest BCUT2D eigenvalue weighted by molar-refractivity contribution is 0.627. The maximum Gasteiger partial charge on any atom is 0.185 e. The molecule has 1 rings (SSSR count). The molecule has 1 heterocycles. The fourth-order valence-corrected chi connectivity index (χ4v) is 5.48. The smallest absolute Gasteiger partial charge is 0.185 e. The highest BCUT2D eigenvalue weighted by Gasteiger charge is 2.04. The fourth-order valence-electron chi connectivity index (χ4n) is 1.39. The fraction of sp³-hybridized carbons (Fsp3) is 0.818. The maximum absolute atomic E-state index is 5.45. The number of hydrogen-bond acceptors (Lipinski definition) is 7. The zero-order chi connectivity index (χ0) is 13.1. The van der Waals surface area contributed by atoms with Crippen molar-refractivity contribution in [3.63, 3.8) is 0 Å². The van der Waals surface area contributed by atoms with Gasteiger partial charge in [-0.1, -0.05) is 72.9 Å². The number of unbranched alkanes of at least 4 members (excludes halogenated alkanes) is 5. The van der Waals surface area contributed by atoms with Gasteiger partial charge in [0, 0.05) is 11.6 Å². The van der Waals surface area contributed by atoms with Crippen LogP contribution in [0.25, 0.3) is 0 Å². The molecule has 18 heavy (non-hydrogen) atoms. The van der Waals surface area contributed by atoms with E-state index in [9.17, 15) is 0 Å². The van der Waals surface area contributed by atoms with Gasteiger partial charge < -0.3 is 5.73 Å². The zero-order valence-corrected chi connectivity index (χ0v) is 14.0. The molecule has 2 N–H and O–H groups in total. The number of thioether (sulfide) groups is 1. The molecule has 0 saturated heterocycles. The summed E-state index contributed by atoms with van der Waals surface area (Å²) >= 11 is 3.19. The molecule has 3 nitrogen and oxygen atoms in total. The van der Waals surface area contributed by atoms with Crippen LogP contribution in [0.5, 0.6) is 0 Å². The van der Waals surface area contributed by atoms with Gasteiger partial charge in [0.2, 0.25) is 0 Å². The summed E-state index contributed by atoms with van der Waals surface area (Å²) in [5.41, 5.74) is 5.45. The lowest BCUT2D eigenvalue weighted by Gasteiger charge is -1.99. The summed E-state index contributed by atoms with van der Waals surface area (Å²) in [5.74, 6) is 1.78. The van der Waals surface area contributed by atoms with Gasteiger partial charge in [0.05, 0.1) is 0 Å². The maximum atomic E-state index is 5.45. The Hall–Kier alpha value is 0.570.